The Hall–Kier alpha value is -2.69. The molecule has 0 atom stereocenters. The number of nitrogens with zero attached hydrogens (tertiary/aromatic N) is 2. The van der Waals surface area contributed by atoms with Gasteiger partial charge in [0.15, 0.2) is 6.61 Å². The quantitative estimate of drug-likeness (QED) is 0.613. The van der Waals surface area contributed by atoms with Gasteiger partial charge in [-0.3, -0.25) is 9.59 Å². The van der Waals surface area contributed by atoms with Gasteiger partial charge in [0.2, 0.25) is 11.8 Å². The summed E-state index contributed by atoms with van der Waals surface area (Å²) in [5, 5.41) is 5.33. The van der Waals surface area contributed by atoms with E-state index in [1.54, 1.807) is 26.8 Å². The first-order chi connectivity index (χ1) is 13.9. The molecule has 2 N–H and O–H groups in total. The lowest BCUT2D eigenvalue weighted by atomic mass is 10.2. The Kier molecular flexibility index (Phi) is 7.77. The van der Waals surface area contributed by atoms with Gasteiger partial charge in [0.1, 0.15) is 5.82 Å². The van der Waals surface area contributed by atoms with E-state index in [9.17, 15) is 22.8 Å². The number of aryl methyl sites for hydroxylation is 1. The van der Waals surface area contributed by atoms with Crippen molar-refractivity contribution in [3.8, 4) is 5.88 Å². The van der Waals surface area contributed by atoms with E-state index in [0.29, 0.717) is 16.8 Å². The third-order valence-electron chi connectivity index (χ3n) is 3.68. The Balaban J connectivity index is 2.02. The van der Waals surface area contributed by atoms with Crippen molar-refractivity contribution < 1.29 is 27.5 Å². The van der Waals surface area contributed by atoms with Crippen LogP contribution >= 0.6 is 15.9 Å². The summed E-state index contributed by atoms with van der Waals surface area (Å²) in [4.78, 5) is 32.3. The highest BCUT2D eigenvalue weighted by molar-refractivity contribution is 9.10. The third kappa shape index (κ3) is 7.29. The highest BCUT2D eigenvalue weighted by atomic mass is 79.9. The maximum absolute atomic E-state index is 12.5. The molecule has 2 aromatic rings. The fraction of sp³-hybridized carbons (Fsp3) is 0.368. The monoisotopic (exact) mass is 488 g/mol. The number of rotatable bonds is 7. The van der Waals surface area contributed by atoms with Crippen molar-refractivity contribution in [2.75, 3.05) is 11.9 Å². The van der Waals surface area contributed by atoms with Crippen molar-refractivity contribution in [3.05, 3.63) is 45.7 Å². The maximum atomic E-state index is 12.5. The molecule has 0 aliphatic rings. The highest BCUT2D eigenvalue weighted by Crippen LogP contribution is 2.25. The lowest BCUT2D eigenvalue weighted by Gasteiger charge is -2.12. The molecule has 2 amide bonds. The average Bonchev–Trinajstić information content (AvgIpc) is 2.64. The first-order valence-electron chi connectivity index (χ1n) is 8.86. The summed E-state index contributed by atoms with van der Waals surface area (Å²) in [7, 11) is 0. The summed E-state index contributed by atoms with van der Waals surface area (Å²) in [5.41, 5.74) is 1.41. The molecule has 2 heterocycles. The van der Waals surface area contributed by atoms with Crippen molar-refractivity contribution in [2.45, 2.75) is 33.5 Å². The number of alkyl halides is 3. The summed E-state index contributed by atoms with van der Waals surface area (Å²) >= 11 is 3.10. The number of nitrogens with one attached hydrogen (secondary N) is 2. The van der Waals surface area contributed by atoms with Crippen molar-refractivity contribution in [2.24, 2.45) is 5.92 Å². The Morgan fingerprint density at radius 3 is 2.53 bits per heavy atom. The van der Waals surface area contributed by atoms with E-state index in [0.717, 1.165) is 0 Å². The first kappa shape index (κ1) is 23.6. The summed E-state index contributed by atoms with van der Waals surface area (Å²) in [5.74, 6) is -0.789. The molecule has 0 unspecified atom stereocenters. The zero-order valence-electron chi connectivity index (χ0n) is 16.4. The number of aromatic nitrogens is 2. The first-order valence-corrected chi connectivity index (χ1v) is 9.65. The minimum atomic E-state index is -4.47. The fourth-order valence-corrected chi connectivity index (χ4v) is 2.75. The molecule has 0 saturated heterocycles. The van der Waals surface area contributed by atoms with Gasteiger partial charge in [-0.05, 0) is 46.6 Å². The van der Waals surface area contributed by atoms with Crippen LogP contribution in [0.1, 0.15) is 35.5 Å². The Morgan fingerprint density at radius 2 is 1.93 bits per heavy atom. The largest absolute Gasteiger partial charge is 0.467 e. The maximum Gasteiger partial charge on any atom is 0.422 e. The van der Waals surface area contributed by atoms with Crippen LogP contribution in [0.4, 0.5) is 19.0 Å². The number of hydrogen-bond acceptors (Lipinski definition) is 5. The van der Waals surface area contributed by atoms with E-state index in [-0.39, 0.29) is 34.5 Å². The molecule has 0 saturated carbocycles. The average molecular weight is 489 g/mol. The molecular weight excluding hydrogens is 469 g/mol. The normalized spacial score (nSPS) is 11.3. The molecule has 0 aliphatic carbocycles. The SMILES string of the molecule is Cc1cc(C(=O)NCc2cnc(OCC(F)(F)F)c(Br)c2)cc(NC(=O)C(C)C)n1. The van der Waals surface area contributed by atoms with Crippen LogP contribution in [0, 0.1) is 12.8 Å². The van der Waals surface area contributed by atoms with Crippen LogP contribution in [0.25, 0.3) is 0 Å². The van der Waals surface area contributed by atoms with Crippen molar-refractivity contribution in [1.29, 1.82) is 0 Å². The lowest BCUT2D eigenvalue weighted by molar-refractivity contribution is -0.154. The summed E-state index contributed by atoms with van der Waals surface area (Å²) in [6.45, 7) is 3.81. The molecular formula is C19H20BrF3N4O3. The van der Waals surface area contributed by atoms with E-state index < -0.39 is 18.7 Å². The number of amides is 2. The molecule has 162 valence electrons. The minimum absolute atomic E-state index is 0.0824. The standard InChI is InChI=1S/C19H20BrF3N4O3/c1-10(2)16(28)27-15-6-13(4-11(3)26-15)17(29)24-7-12-5-14(20)18(25-8-12)30-9-19(21,22)23/h4-6,8,10H,7,9H2,1-3H3,(H,24,29)(H,26,27,28). The second-order valence-corrected chi connectivity index (χ2v) is 7.60. The van der Waals surface area contributed by atoms with Gasteiger partial charge in [0, 0.05) is 29.9 Å². The number of hydrogen-bond donors (Lipinski definition) is 2. The number of anilines is 1. The molecule has 0 aromatic carbocycles. The Bertz CT molecular complexity index is 936. The smallest absolute Gasteiger partial charge is 0.422 e. The number of halogens is 4. The van der Waals surface area contributed by atoms with Gasteiger partial charge in [-0.15, -0.1) is 0 Å². The number of pyridine rings is 2. The number of carbonyl (C=O) groups excluding carboxylic acids is 2. The van der Waals surface area contributed by atoms with Gasteiger partial charge in [-0.2, -0.15) is 13.2 Å². The van der Waals surface area contributed by atoms with Crippen molar-refractivity contribution in [3.63, 3.8) is 0 Å². The number of ether oxygens (including phenoxy) is 1. The molecule has 11 heteroatoms. The van der Waals surface area contributed by atoms with E-state index in [2.05, 4.69) is 41.3 Å². The summed E-state index contributed by atoms with van der Waals surface area (Å²) < 4.78 is 41.6. The molecule has 0 aliphatic heterocycles. The van der Waals surface area contributed by atoms with Crippen molar-refractivity contribution in [1.82, 2.24) is 15.3 Å². The lowest BCUT2D eigenvalue weighted by Crippen LogP contribution is -2.24. The van der Waals surface area contributed by atoms with E-state index >= 15 is 0 Å². The topological polar surface area (TPSA) is 93.2 Å². The Morgan fingerprint density at radius 1 is 1.23 bits per heavy atom. The van der Waals surface area contributed by atoms with Gasteiger partial charge in [-0.1, -0.05) is 13.8 Å². The molecule has 0 bridgehead atoms. The fourth-order valence-electron chi connectivity index (χ4n) is 2.24. The van der Waals surface area contributed by atoms with Crippen LogP contribution in [0.3, 0.4) is 0 Å². The van der Waals surface area contributed by atoms with Crippen molar-refractivity contribution >= 4 is 33.6 Å². The second-order valence-electron chi connectivity index (χ2n) is 6.74. The van der Waals surface area contributed by atoms with E-state index in [4.69, 9.17) is 0 Å². The molecule has 30 heavy (non-hydrogen) atoms. The minimum Gasteiger partial charge on any atom is -0.467 e. The molecule has 7 nitrogen and oxygen atoms in total. The molecule has 2 rings (SSSR count). The zero-order valence-corrected chi connectivity index (χ0v) is 18.0. The summed E-state index contributed by atoms with van der Waals surface area (Å²) in [6, 6.07) is 4.54. The van der Waals surface area contributed by atoms with Crippen LogP contribution in [-0.4, -0.2) is 34.6 Å². The molecule has 2 aromatic heterocycles. The van der Waals surface area contributed by atoms with Crippen LogP contribution in [0.5, 0.6) is 5.88 Å². The van der Waals surface area contributed by atoms with Gasteiger partial charge >= 0.3 is 6.18 Å². The third-order valence-corrected chi connectivity index (χ3v) is 4.25. The van der Waals surface area contributed by atoms with Gasteiger partial charge in [0.05, 0.1) is 4.47 Å². The van der Waals surface area contributed by atoms with E-state index in [1.165, 1.54) is 18.3 Å². The van der Waals surface area contributed by atoms with E-state index in [1.807, 2.05) is 0 Å². The predicted molar refractivity (Wildman–Crippen MR) is 107 cm³/mol. The molecule has 0 fully saturated rings. The van der Waals surface area contributed by atoms with Crippen LogP contribution in [0.15, 0.2) is 28.9 Å². The zero-order chi connectivity index (χ0) is 22.5. The molecule has 0 spiro atoms. The number of carbonyl (C=O) groups is 2. The Labute approximate surface area is 179 Å². The van der Waals surface area contributed by atoms with Gasteiger partial charge in [0.25, 0.3) is 5.91 Å². The van der Waals surface area contributed by atoms with Crippen LogP contribution in [-0.2, 0) is 11.3 Å². The van der Waals surface area contributed by atoms with Crippen LogP contribution < -0.4 is 15.4 Å². The van der Waals surface area contributed by atoms with Gasteiger partial charge in [-0.25, -0.2) is 9.97 Å². The summed E-state index contributed by atoms with van der Waals surface area (Å²) in [6.07, 6.45) is -3.16. The van der Waals surface area contributed by atoms with Crippen LogP contribution in [0.2, 0.25) is 0 Å². The predicted octanol–water partition coefficient (Wildman–Crippen LogP) is 4.01. The second kappa shape index (κ2) is 9.88. The van der Waals surface area contributed by atoms with Gasteiger partial charge < -0.3 is 15.4 Å². The highest BCUT2D eigenvalue weighted by Gasteiger charge is 2.29. The molecule has 0 radical (unpaired) electrons.